The molecule has 0 bridgehead atoms. The zero-order chi connectivity index (χ0) is 21.9. The summed E-state index contributed by atoms with van der Waals surface area (Å²) in [6.07, 6.45) is 0.707. The molecule has 1 aliphatic rings. The Morgan fingerprint density at radius 2 is 1.74 bits per heavy atom. The van der Waals surface area contributed by atoms with Crippen molar-refractivity contribution in [2.75, 3.05) is 11.4 Å². The fraction of sp³-hybridized carbons (Fsp3) is 0.250. The van der Waals surface area contributed by atoms with Crippen LogP contribution in [0.5, 0.6) is 0 Å². The van der Waals surface area contributed by atoms with E-state index in [2.05, 4.69) is 15.0 Å². The second-order valence-electron chi connectivity index (χ2n) is 8.10. The Morgan fingerprint density at radius 3 is 2.48 bits per heavy atom. The maximum atomic E-state index is 15.2. The third-order valence-electron chi connectivity index (χ3n) is 5.92. The summed E-state index contributed by atoms with van der Waals surface area (Å²) in [4.78, 5) is 14.6. The lowest BCUT2D eigenvalue weighted by atomic mass is 9.91. The molecule has 158 valence electrons. The molecule has 0 radical (unpaired) electrons. The second-order valence-corrected chi connectivity index (χ2v) is 8.54. The second kappa shape index (κ2) is 7.31. The Bertz CT molecular complexity index is 1310. The number of fused-ring (bicyclic) bond motifs is 3. The van der Waals surface area contributed by atoms with Crippen LogP contribution in [-0.4, -0.2) is 21.5 Å². The number of aryl methyl sites for hydroxylation is 3. The number of aromatic amines is 1. The van der Waals surface area contributed by atoms with Crippen LogP contribution >= 0.6 is 11.6 Å². The first-order valence-electron chi connectivity index (χ1n) is 10.2. The van der Waals surface area contributed by atoms with E-state index in [1.807, 2.05) is 43.0 Å². The molecule has 0 fully saturated rings. The Hall–Kier alpha value is -2.99. The quantitative estimate of drug-likeness (QED) is 0.419. The normalized spacial score (nSPS) is 16.1. The van der Waals surface area contributed by atoms with Crippen molar-refractivity contribution >= 4 is 28.5 Å². The minimum atomic E-state index is -0.844. The van der Waals surface area contributed by atoms with Crippen LogP contribution in [0.1, 0.15) is 39.8 Å². The van der Waals surface area contributed by atoms with Gasteiger partial charge in [0.1, 0.15) is 6.04 Å². The van der Waals surface area contributed by atoms with Gasteiger partial charge in [-0.05, 0) is 62.6 Å². The zero-order valence-corrected chi connectivity index (χ0v) is 18.2. The average molecular weight is 439 g/mol. The minimum Gasteiger partial charge on any atom is -0.356 e. The maximum absolute atomic E-state index is 15.2. The van der Waals surface area contributed by atoms with Gasteiger partial charge in [0.25, 0.3) is 0 Å². The molecule has 2 aromatic heterocycles. The predicted molar refractivity (Wildman–Crippen MR) is 119 cm³/mol. The number of H-pyrrole nitrogens is 1. The molecule has 1 aliphatic heterocycles. The van der Waals surface area contributed by atoms with Crippen molar-refractivity contribution in [1.82, 2.24) is 15.0 Å². The van der Waals surface area contributed by atoms with Gasteiger partial charge in [0.15, 0.2) is 11.6 Å². The molecule has 0 saturated heterocycles. The monoisotopic (exact) mass is 438 g/mol. The first-order chi connectivity index (χ1) is 14.8. The number of aromatic nitrogens is 3. The first-order valence-corrected chi connectivity index (χ1v) is 10.5. The number of halogens is 3. The summed E-state index contributed by atoms with van der Waals surface area (Å²) in [5.74, 6) is -1.17. The minimum absolute atomic E-state index is 0.254. The van der Waals surface area contributed by atoms with Gasteiger partial charge in [-0.25, -0.2) is 18.7 Å². The van der Waals surface area contributed by atoms with Crippen LogP contribution in [0.4, 0.5) is 14.7 Å². The third-order valence-corrected chi connectivity index (χ3v) is 6.15. The van der Waals surface area contributed by atoms with Gasteiger partial charge >= 0.3 is 0 Å². The van der Waals surface area contributed by atoms with Crippen LogP contribution in [0.15, 0.2) is 36.4 Å². The van der Waals surface area contributed by atoms with Crippen LogP contribution in [0, 0.1) is 32.4 Å². The number of hydrogen-bond donors (Lipinski definition) is 1. The molecule has 31 heavy (non-hydrogen) atoms. The Labute approximate surface area is 183 Å². The van der Waals surface area contributed by atoms with Crippen LogP contribution in [0.25, 0.3) is 10.9 Å². The number of benzene rings is 2. The average Bonchev–Trinajstić information content (AvgIpc) is 3.09. The summed E-state index contributed by atoms with van der Waals surface area (Å²) >= 11 is 6.24. The molecule has 3 heterocycles. The van der Waals surface area contributed by atoms with E-state index in [0.29, 0.717) is 23.9 Å². The van der Waals surface area contributed by atoms with Crippen molar-refractivity contribution in [3.8, 4) is 0 Å². The van der Waals surface area contributed by atoms with Gasteiger partial charge in [0.05, 0.1) is 0 Å². The number of anilines is 1. The van der Waals surface area contributed by atoms with E-state index in [1.165, 1.54) is 0 Å². The number of nitrogens with one attached hydrogen (secondary N) is 1. The third kappa shape index (κ3) is 3.26. The maximum Gasteiger partial charge on any atom is 0.226 e. The molecule has 4 aromatic rings. The molecule has 0 aliphatic carbocycles. The molecular weight excluding hydrogens is 418 g/mol. The highest BCUT2D eigenvalue weighted by molar-refractivity contribution is 6.31. The van der Waals surface area contributed by atoms with E-state index < -0.39 is 17.7 Å². The highest BCUT2D eigenvalue weighted by Crippen LogP contribution is 2.41. The predicted octanol–water partition coefficient (Wildman–Crippen LogP) is 5.97. The van der Waals surface area contributed by atoms with Crippen molar-refractivity contribution in [2.24, 2.45) is 0 Å². The number of rotatable bonds is 2. The zero-order valence-electron chi connectivity index (χ0n) is 17.4. The molecule has 0 spiro atoms. The highest BCUT2D eigenvalue weighted by Gasteiger charge is 2.36. The molecule has 0 amide bonds. The first kappa shape index (κ1) is 19.9. The Kier molecular flexibility index (Phi) is 4.70. The van der Waals surface area contributed by atoms with Crippen molar-refractivity contribution < 1.29 is 8.78 Å². The van der Waals surface area contributed by atoms with Gasteiger partial charge in [-0.1, -0.05) is 23.7 Å². The van der Waals surface area contributed by atoms with Crippen molar-refractivity contribution in [1.29, 1.82) is 0 Å². The van der Waals surface area contributed by atoms with E-state index in [9.17, 15) is 4.39 Å². The molecule has 1 N–H and O–H groups in total. The molecule has 5 rings (SSSR count). The molecular formula is C24H21ClF2N4. The molecule has 1 unspecified atom stereocenters. The van der Waals surface area contributed by atoms with Gasteiger partial charge in [0.2, 0.25) is 5.95 Å². The van der Waals surface area contributed by atoms with Crippen LogP contribution < -0.4 is 4.90 Å². The van der Waals surface area contributed by atoms with E-state index >= 15 is 4.39 Å². The summed E-state index contributed by atoms with van der Waals surface area (Å²) in [6, 6.07) is 10.2. The summed E-state index contributed by atoms with van der Waals surface area (Å²) in [6.45, 7) is 5.93. The van der Waals surface area contributed by atoms with Crippen molar-refractivity contribution in [3.05, 3.63) is 86.8 Å². The summed E-state index contributed by atoms with van der Waals surface area (Å²) in [5.41, 5.74) is 4.96. The van der Waals surface area contributed by atoms with Gasteiger partial charge in [-0.2, -0.15) is 0 Å². The Balaban J connectivity index is 1.77. The smallest absolute Gasteiger partial charge is 0.226 e. The van der Waals surface area contributed by atoms with Gasteiger partial charge in [0, 0.05) is 45.1 Å². The lowest BCUT2D eigenvalue weighted by Crippen LogP contribution is -2.38. The molecule has 4 nitrogen and oxygen atoms in total. The van der Waals surface area contributed by atoms with Gasteiger partial charge in [-0.3, -0.25) is 0 Å². The van der Waals surface area contributed by atoms with Crippen molar-refractivity contribution in [3.63, 3.8) is 0 Å². The van der Waals surface area contributed by atoms with E-state index in [1.54, 1.807) is 19.1 Å². The van der Waals surface area contributed by atoms with Crippen LogP contribution in [0.2, 0.25) is 5.02 Å². The van der Waals surface area contributed by atoms with E-state index in [4.69, 9.17) is 11.6 Å². The van der Waals surface area contributed by atoms with Gasteiger partial charge < -0.3 is 9.88 Å². The highest BCUT2D eigenvalue weighted by atomic mass is 35.5. The molecule has 2 aromatic carbocycles. The molecule has 7 heteroatoms. The summed E-state index contributed by atoms with van der Waals surface area (Å²) in [7, 11) is 0. The van der Waals surface area contributed by atoms with Crippen LogP contribution in [0.3, 0.4) is 0 Å². The number of nitrogens with zero attached hydrogens (tertiary/aromatic N) is 3. The van der Waals surface area contributed by atoms with E-state index in [-0.39, 0.29) is 11.1 Å². The lowest BCUT2D eigenvalue weighted by Gasteiger charge is -2.36. The standard InChI is InChI=1S/C24H21ClF2N4/c1-12-4-6-17(21(27)20(12)26)23-22-16(18-11-15(25)5-7-19(18)30-22)8-9-31(23)24-28-13(2)10-14(3)29-24/h4-7,10-11,23,30H,8-9H2,1-3H3. The fourth-order valence-electron chi connectivity index (χ4n) is 4.51. The van der Waals surface area contributed by atoms with E-state index in [0.717, 1.165) is 33.5 Å². The largest absolute Gasteiger partial charge is 0.356 e. The SMILES string of the molecule is Cc1cc(C)nc(N2CCc3c([nH]c4ccc(Cl)cc34)C2c2ccc(C)c(F)c2F)n1. The Morgan fingerprint density at radius 1 is 1.00 bits per heavy atom. The fourth-order valence-corrected chi connectivity index (χ4v) is 4.68. The number of hydrogen-bond acceptors (Lipinski definition) is 3. The topological polar surface area (TPSA) is 44.8 Å². The lowest BCUT2D eigenvalue weighted by molar-refractivity contribution is 0.481. The van der Waals surface area contributed by atoms with Crippen molar-refractivity contribution in [2.45, 2.75) is 33.2 Å². The summed E-state index contributed by atoms with van der Waals surface area (Å²) in [5, 5.41) is 1.64. The summed E-state index contributed by atoms with van der Waals surface area (Å²) < 4.78 is 29.8. The van der Waals surface area contributed by atoms with Gasteiger partial charge in [-0.15, -0.1) is 0 Å². The molecule has 0 saturated carbocycles. The molecule has 1 atom stereocenters. The van der Waals surface area contributed by atoms with Crippen LogP contribution in [-0.2, 0) is 6.42 Å².